The van der Waals surface area contributed by atoms with Crippen molar-refractivity contribution in [2.45, 2.75) is 6.92 Å². The Hall–Kier alpha value is -3.48. The van der Waals surface area contributed by atoms with Crippen molar-refractivity contribution in [3.8, 4) is 0 Å². The molecule has 2 aromatic carbocycles. The molecule has 0 spiro atoms. The molecule has 0 saturated heterocycles. The van der Waals surface area contributed by atoms with E-state index in [1.807, 2.05) is 19.1 Å². The molecular weight excluding hydrogens is 322 g/mol. The van der Waals surface area contributed by atoms with Crippen LogP contribution in [0.1, 0.15) is 21.5 Å². The highest BCUT2D eigenvalue weighted by Gasteiger charge is 2.13. The van der Waals surface area contributed by atoms with Crippen LogP contribution in [0.25, 0.3) is 0 Å². The Kier molecular flexibility index (Phi) is 6.00. The number of anilines is 1. The second-order valence-corrected chi connectivity index (χ2v) is 5.08. The molecule has 0 aliphatic carbocycles. The highest BCUT2D eigenvalue weighted by molar-refractivity contribution is 6.39. The quantitative estimate of drug-likeness (QED) is 0.385. The van der Waals surface area contributed by atoms with E-state index < -0.39 is 17.8 Å². The predicted octanol–water partition coefficient (Wildman–Crippen LogP) is 1.87. The maximum Gasteiger partial charge on any atom is 0.337 e. The monoisotopic (exact) mass is 339 g/mol. The number of nitrogens with one attached hydrogen (secondary N) is 2. The number of carbonyl (C=O) groups excluding carboxylic acids is 3. The Labute approximate surface area is 144 Å². The molecule has 0 unspecified atom stereocenters. The zero-order valence-electron chi connectivity index (χ0n) is 13.8. The van der Waals surface area contributed by atoms with Crippen LogP contribution >= 0.6 is 0 Å². The normalized spacial score (nSPS) is 10.3. The molecule has 2 rings (SSSR count). The second-order valence-electron chi connectivity index (χ2n) is 5.08. The summed E-state index contributed by atoms with van der Waals surface area (Å²) in [6.07, 6.45) is 1.36. The van der Waals surface area contributed by atoms with Gasteiger partial charge in [0, 0.05) is 5.69 Å². The van der Waals surface area contributed by atoms with Gasteiger partial charge in [-0.05, 0) is 36.2 Å². The van der Waals surface area contributed by atoms with E-state index in [0.717, 1.165) is 5.56 Å². The summed E-state index contributed by atoms with van der Waals surface area (Å²) in [5, 5.41) is 6.23. The summed E-state index contributed by atoms with van der Waals surface area (Å²) in [6, 6.07) is 13.5. The van der Waals surface area contributed by atoms with Crippen molar-refractivity contribution >= 4 is 29.7 Å². The van der Waals surface area contributed by atoms with Crippen LogP contribution in [0.4, 0.5) is 5.69 Å². The highest BCUT2D eigenvalue weighted by atomic mass is 16.5. The fourth-order valence-electron chi connectivity index (χ4n) is 1.93. The average molecular weight is 339 g/mol. The van der Waals surface area contributed by atoms with Gasteiger partial charge in [0.25, 0.3) is 0 Å². The van der Waals surface area contributed by atoms with Crippen LogP contribution in [0.5, 0.6) is 0 Å². The summed E-state index contributed by atoms with van der Waals surface area (Å²) in [5.74, 6) is -2.14. The highest BCUT2D eigenvalue weighted by Crippen LogP contribution is 2.12. The number of methoxy groups -OCH3 is 1. The van der Waals surface area contributed by atoms with Gasteiger partial charge in [-0.15, -0.1) is 0 Å². The van der Waals surface area contributed by atoms with Crippen molar-refractivity contribution in [1.82, 2.24) is 5.43 Å². The number of carbonyl (C=O) groups is 3. The second kappa shape index (κ2) is 8.39. The number of amides is 2. The summed E-state index contributed by atoms with van der Waals surface area (Å²) in [4.78, 5) is 34.9. The SMILES string of the molecule is COC(=O)c1ccc(C=NNC(=O)C(=O)Nc2ccccc2C)cc1. The van der Waals surface area contributed by atoms with Crippen LogP contribution in [-0.4, -0.2) is 31.1 Å². The smallest absolute Gasteiger partial charge is 0.337 e. The first-order valence-corrected chi connectivity index (χ1v) is 7.39. The van der Waals surface area contributed by atoms with E-state index in [9.17, 15) is 14.4 Å². The van der Waals surface area contributed by atoms with Crippen molar-refractivity contribution in [3.63, 3.8) is 0 Å². The number of hydrogen-bond donors (Lipinski definition) is 2. The van der Waals surface area contributed by atoms with Gasteiger partial charge in [0.2, 0.25) is 0 Å². The number of benzene rings is 2. The van der Waals surface area contributed by atoms with E-state index in [-0.39, 0.29) is 0 Å². The van der Waals surface area contributed by atoms with Crippen LogP contribution in [0.3, 0.4) is 0 Å². The molecule has 25 heavy (non-hydrogen) atoms. The van der Waals surface area contributed by atoms with E-state index in [4.69, 9.17) is 0 Å². The largest absolute Gasteiger partial charge is 0.465 e. The minimum atomic E-state index is -0.884. The van der Waals surface area contributed by atoms with Crippen molar-refractivity contribution in [2.75, 3.05) is 12.4 Å². The first kappa shape index (κ1) is 17.9. The minimum Gasteiger partial charge on any atom is -0.465 e. The van der Waals surface area contributed by atoms with Crippen molar-refractivity contribution in [1.29, 1.82) is 0 Å². The first-order valence-electron chi connectivity index (χ1n) is 7.39. The summed E-state index contributed by atoms with van der Waals surface area (Å²) in [7, 11) is 1.30. The van der Waals surface area contributed by atoms with Gasteiger partial charge in [-0.3, -0.25) is 9.59 Å². The molecule has 0 saturated carbocycles. The third-order valence-corrected chi connectivity index (χ3v) is 3.31. The molecule has 128 valence electrons. The third-order valence-electron chi connectivity index (χ3n) is 3.31. The molecule has 7 heteroatoms. The lowest BCUT2D eigenvalue weighted by molar-refractivity contribution is -0.136. The molecule has 0 aromatic heterocycles. The van der Waals surface area contributed by atoms with E-state index in [0.29, 0.717) is 16.8 Å². The van der Waals surface area contributed by atoms with Crippen LogP contribution in [0, 0.1) is 6.92 Å². The maximum absolute atomic E-state index is 11.8. The molecule has 0 bridgehead atoms. The standard InChI is InChI=1S/C18H17N3O4/c1-12-5-3-4-6-15(12)20-16(22)17(23)21-19-11-13-7-9-14(10-8-13)18(24)25-2/h3-11H,1-2H3,(H,20,22)(H,21,23). The number of hydrazone groups is 1. The van der Waals surface area contributed by atoms with Crippen molar-refractivity contribution in [3.05, 3.63) is 65.2 Å². The number of ether oxygens (including phenoxy) is 1. The number of aryl methyl sites for hydroxylation is 1. The number of esters is 1. The van der Waals surface area contributed by atoms with Gasteiger partial charge in [0.05, 0.1) is 18.9 Å². The molecule has 0 aliphatic rings. The topological polar surface area (TPSA) is 96.9 Å². The predicted molar refractivity (Wildman–Crippen MR) is 93.3 cm³/mol. The lowest BCUT2D eigenvalue weighted by atomic mass is 10.1. The van der Waals surface area contributed by atoms with Gasteiger partial charge in [0.1, 0.15) is 0 Å². The Morgan fingerprint density at radius 2 is 1.68 bits per heavy atom. The van der Waals surface area contributed by atoms with E-state index in [2.05, 4.69) is 20.6 Å². The molecular formula is C18H17N3O4. The molecule has 0 atom stereocenters. The van der Waals surface area contributed by atoms with Crippen molar-refractivity contribution < 1.29 is 19.1 Å². The minimum absolute atomic E-state index is 0.404. The van der Waals surface area contributed by atoms with Gasteiger partial charge in [-0.2, -0.15) is 5.10 Å². The number of nitrogens with zero attached hydrogens (tertiary/aromatic N) is 1. The van der Waals surface area contributed by atoms with Gasteiger partial charge in [0.15, 0.2) is 0 Å². The third kappa shape index (κ3) is 5.00. The number of para-hydroxylation sites is 1. The van der Waals surface area contributed by atoms with Gasteiger partial charge >= 0.3 is 17.8 Å². The summed E-state index contributed by atoms with van der Waals surface area (Å²) in [5.41, 5.74) is 4.60. The Morgan fingerprint density at radius 3 is 2.32 bits per heavy atom. The molecule has 2 amide bonds. The number of hydrogen-bond acceptors (Lipinski definition) is 5. The fraction of sp³-hybridized carbons (Fsp3) is 0.111. The fourth-order valence-corrected chi connectivity index (χ4v) is 1.93. The van der Waals surface area contributed by atoms with Gasteiger partial charge in [-0.25, -0.2) is 10.2 Å². The molecule has 7 nitrogen and oxygen atoms in total. The first-order chi connectivity index (χ1) is 12.0. The van der Waals surface area contributed by atoms with Crippen molar-refractivity contribution in [2.24, 2.45) is 5.10 Å². The van der Waals surface area contributed by atoms with E-state index in [1.54, 1.807) is 36.4 Å². The molecule has 0 fully saturated rings. The maximum atomic E-state index is 11.8. The van der Waals surface area contributed by atoms with Crippen LogP contribution in [0.15, 0.2) is 53.6 Å². The Balaban J connectivity index is 1.90. The molecule has 0 radical (unpaired) electrons. The Morgan fingerprint density at radius 1 is 1.00 bits per heavy atom. The zero-order valence-corrected chi connectivity index (χ0v) is 13.8. The van der Waals surface area contributed by atoms with Gasteiger partial charge < -0.3 is 10.1 Å². The zero-order chi connectivity index (χ0) is 18.2. The molecule has 0 aliphatic heterocycles. The summed E-state index contributed by atoms with van der Waals surface area (Å²) < 4.78 is 4.60. The van der Waals surface area contributed by atoms with E-state index in [1.165, 1.54) is 13.3 Å². The summed E-state index contributed by atoms with van der Waals surface area (Å²) >= 11 is 0. The van der Waals surface area contributed by atoms with Crippen LogP contribution < -0.4 is 10.7 Å². The number of rotatable bonds is 4. The summed E-state index contributed by atoms with van der Waals surface area (Å²) in [6.45, 7) is 1.82. The van der Waals surface area contributed by atoms with Crippen LogP contribution in [0.2, 0.25) is 0 Å². The molecule has 2 aromatic rings. The average Bonchev–Trinajstić information content (AvgIpc) is 2.63. The van der Waals surface area contributed by atoms with Gasteiger partial charge in [-0.1, -0.05) is 30.3 Å². The molecule has 0 heterocycles. The Bertz CT molecular complexity index is 813. The molecule has 2 N–H and O–H groups in total. The lowest BCUT2D eigenvalue weighted by Gasteiger charge is -2.06. The van der Waals surface area contributed by atoms with E-state index >= 15 is 0 Å². The van der Waals surface area contributed by atoms with Crippen LogP contribution in [-0.2, 0) is 14.3 Å². The lowest BCUT2D eigenvalue weighted by Crippen LogP contribution is -2.32.